The molecule has 1 heterocycles. The van der Waals surface area contributed by atoms with Gasteiger partial charge in [-0.2, -0.15) is 0 Å². The summed E-state index contributed by atoms with van der Waals surface area (Å²) in [5, 5.41) is 0. The van der Waals surface area contributed by atoms with E-state index in [1.165, 1.54) is 50.7 Å². The summed E-state index contributed by atoms with van der Waals surface area (Å²) in [4.78, 5) is 14.7. The lowest BCUT2D eigenvalue weighted by Gasteiger charge is -2.44. The van der Waals surface area contributed by atoms with Crippen molar-refractivity contribution < 1.29 is 9.18 Å². The second kappa shape index (κ2) is 6.69. The van der Waals surface area contributed by atoms with Crippen LogP contribution in [0.3, 0.4) is 0 Å². The lowest BCUT2D eigenvalue weighted by Crippen LogP contribution is -2.47. The molecule has 2 aliphatic rings. The van der Waals surface area contributed by atoms with Gasteiger partial charge >= 0.3 is 0 Å². The minimum Gasteiger partial charge on any atom is -0.300 e. The fraction of sp³-hybridized carbons (Fsp3) is 0.611. The van der Waals surface area contributed by atoms with E-state index in [9.17, 15) is 9.18 Å². The number of carbonyl (C=O) groups is 1. The van der Waals surface area contributed by atoms with Gasteiger partial charge in [-0.25, -0.2) is 4.39 Å². The number of carbonyl (C=O) groups excluding carboxylic acids is 1. The third kappa shape index (κ3) is 3.52. The quantitative estimate of drug-likeness (QED) is 0.779. The van der Waals surface area contributed by atoms with Gasteiger partial charge in [-0.1, -0.05) is 12.8 Å². The van der Waals surface area contributed by atoms with Crippen LogP contribution in [0.1, 0.15) is 55.3 Å². The van der Waals surface area contributed by atoms with Crippen molar-refractivity contribution in [3.05, 3.63) is 35.6 Å². The summed E-state index contributed by atoms with van der Waals surface area (Å²) in [5.74, 6) is 0.703. The highest BCUT2D eigenvalue weighted by Gasteiger charge is 2.32. The first-order valence-electron chi connectivity index (χ1n) is 8.27. The van der Waals surface area contributed by atoms with Crippen molar-refractivity contribution in [2.75, 3.05) is 13.1 Å². The number of halogens is 1. The molecule has 1 saturated carbocycles. The van der Waals surface area contributed by atoms with E-state index in [0.717, 1.165) is 19.0 Å². The van der Waals surface area contributed by atoms with Crippen molar-refractivity contribution in [2.24, 2.45) is 5.92 Å². The molecule has 0 N–H and O–H groups in total. The van der Waals surface area contributed by atoms with Crippen LogP contribution in [0.4, 0.5) is 4.39 Å². The normalized spacial score (nSPS) is 26.3. The van der Waals surface area contributed by atoms with Gasteiger partial charge < -0.3 is 0 Å². The van der Waals surface area contributed by atoms with Gasteiger partial charge in [0.25, 0.3) is 0 Å². The van der Waals surface area contributed by atoms with Crippen molar-refractivity contribution in [3.63, 3.8) is 0 Å². The Morgan fingerprint density at radius 1 is 1.10 bits per heavy atom. The number of benzene rings is 1. The smallest absolute Gasteiger partial charge is 0.164 e. The van der Waals surface area contributed by atoms with E-state index in [0.29, 0.717) is 18.0 Å². The van der Waals surface area contributed by atoms with Crippen LogP contribution in [0.25, 0.3) is 0 Å². The number of nitrogens with zero attached hydrogens (tertiary/aromatic N) is 1. The number of Topliss-reactive ketones (excluding diaryl/α,β-unsaturated/α-hetero) is 1. The summed E-state index contributed by atoms with van der Waals surface area (Å²) in [6.45, 7) is 2.00. The van der Waals surface area contributed by atoms with Gasteiger partial charge in [0, 0.05) is 24.6 Å². The molecule has 2 atom stereocenters. The second-order valence-electron chi connectivity index (χ2n) is 6.47. The number of piperidine rings is 1. The molecule has 3 rings (SSSR count). The molecule has 1 aromatic rings. The molecule has 1 saturated heterocycles. The van der Waals surface area contributed by atoms with Crippen LogP contribution in [0, 0.1) is 11.7 Å². The molecular formula is C18H24FNO. The minimum atomic E-state index is -0.285. The number of hydrogen-bond donors (Lipinski definition) is 0. The second-order valence-corrected chi connectivity index (χ2v) is 6.47. The lowest BCUT2D eigenvalue weighted by atomic mass is 9.78. The molecule has 1 aliphatic carbocycles. The van der Waals surface area contributed by atoms with Crippen LogP contribution in [-0.2, 0) is 0 Å². The molecular weight excluding hydrogens is 265 g/mol. The summed E-state index contributed by atoms with van der Waals surface area (Å²) < 4.78 is 12.9. The molecule has 1 aliphatic heterocycles. The van der Waals surface area contributed by atoms with Crippen LogP contribution < -0.4 is 0 Å². The van der Waals surface area contributed by atoms with Crippen LogP contribution in [0.5, 0.6) is 0 Å². The zero-order valence-corrected chi connectivity index (χ0v) is 12.6. The van der Waals surface area contributed by atoms with Gasteiger partial charge in [-0.3, -0.25) is 9.69 Å². The monoisotopic (exact) mass is 289 g/mol. The van der Waals surface area contributed by atoms with Crippen molar-refractivity contribution >= 4 is 5.78 Å². The third-order valence-electron chi connectivity index (χ3n) is 5.15. The van der Waals surface area contributed by atoms with Crippen LogP contribution in [-0.4, -0.2) is 29.8 Å². The average Bonchev–Trinajstić information content (AvgIpc) is 2.53. The summed E-state index contributed by atoms with van der Waals surface area (Å²) in [6.07, 6.45) is 8.57. The maximum absolute atomic E-state index is 12.9. The van der Waals surface area contributed by atoms with Gasteiger partial charge in [-0.05, 0) is 62.4 Å². The molecule has 2 fully saturated rings. The Balaban J connectivity index is 1.56. The maximum atomic E-state index is 12.9. The molecule has 21 heavy (non-hydrogen) atoms. The highest BCUT2D eigenvalue weighted by atomic mass is 19.1. The standard InChI is InChI=1S/C18H24FNO/c19-16-9-7-15(8-10-16)18(21)11-13-20-12-3-5-14-4-1-2-6-17(14)20/h7-10,14,17H,1-6,11-13H2/t14-,17-/m1/s1. The first kappa shape index (κ1) is 14.7. The van der Waals surface area contributed by atoms with E-state index in [1.54, 1.807) is 12.1 Å². The largest absolute Gasteiger partial charge is 0.300 e. The highest BCUT2D eigenvalue weighted by molar-refractivity contribution is 5.96. The number of rotatable bonds is 4. The van der Waals surface area contributed by atoms with Crippen molar-refractivity contribution in [3.8, 4) is 0 Å². The van der Waals surface area contributed by atoms with E-state index >= 15 is 0 Å². The van der Waals surface area contributed by atoms with Crippen LogP contribution in [0.15, 0.2) is 24.3 Å². The predicted molar refractivity (Wildman–Crippen MR) is 81.9 cm³/mol. The zero-order chi connectivity index (χ0) is 14.7. The number of likely N-dealkylation sites (tertiary alicyclic amines) is 1. The van der Waals surface area contributed by atoms with E-state index in [1.807, 2.05) is 0 Å². The Bertz CT molecular complexity index is 482. The molecule has 0 spiro atoms. The molecule has 0 amide bonds. The van der Waals surface area contributed by atoms with Gasteiger partial charge in [0.15, 0.2) is 5.78 Å². The molecule has 1 aromatic carbocycles. The molecule has 0 radical (unpaired) electrons. The average molecular weight is 289 g/mol. The maximum Gasteiger partial charge on any atom is 0.164 e. The minimum absolute atomic E-state index is 0.132. The van der Waals surface area contributed by atoms with E-state index in [2.05, 4.69) is 4.90 Å². The van der Waals surface area contributed by atoms with Crippen molar-refractivity contribution in [1.29, 1.82) is 0 Å². The van der Waals surface area contributed by atoms with Crippen LogP contribution in [0.2, 0.25) is 0 Å². The SMILES string of the molecule is O=C(CCN1CCC[C@H]2CCCC[C@H]21)c1ccc(F)cc1. The Morgan fingerprint density at radius 3 is 2.62 bits per heavy atom. The molecule has 2 nitrogen and oxygen atoms in total. The van der Waals surface area contributed by atoms with Crippen molar-refractivity contribution in [2.45, 2.75) is 51.0 Å². The van der Waals surface area contributed by atoms with Gasteiger partial charge in [0.1, 0.15) is 5.82 Å². The Labute approximate surface area is 126 Å². The number of ketones is 1. The van der Waals surface area contributed by atoms with Gasteiger partial charge in [0.2, 0.25) is 0 Å². The van der Waals surface area contributed by atoms with Gasteiger partial charge in [0.05, 0.1) is 0 Å². The Morgan fingerprint density at radius 2 is 1.81 bits per heavy atom. The summed E-state index contributed by atoms with van der Waals surface area (Å²) in [6, 6.07) is 6.62. The summed E-state index contributed by atoms with van der Waals surface area (Å²) in [5.41, 5.74) is 0.633. The number of fused-ring (bicyclic) bond motifs is 1. The molecule has 0 aromatic heterocycles. The Kier molecular flexibility index (Phi) is 4.69. The van der Waals surface area contributed by atoms with Crippen molar-refractivity contribution in [1.82, 2.24) is 4.90 Å². The highest BCUT2D eigenvalue weighted by Crippen LogP contribution is 2.35. The topological polar surface area (TPSA) is 20.3 Å². The third-order valence-corrected chi connectivity index (χ3v) is 5.15. The first-order valence-corrected chi connectivity index (χ1v) is 8.27. The molecule has 3 heteroatoms. The first-order chi connectivity index (χ1) is 10.2. The van der Waals surface area contributed by atoms with E-state index in [-0.39, 0.29) is 11.6 Å². The fourth-order valence-corrected chi connectivity index (χ4v) is 4.03. The molecule has 0 bridgehead atoms. The van der Waals surface area contributed by atoms with Gasteiger partial charge in [-0.15, -0.1) is 0 Å². The predicted octanol–water partition coefficient (Wildman–Crippen LogP) is 4.05. The lowest BCUT2D eigenvalue weighted by molar-refractivity contribution is 0.0575. The van der Waals surface area contributed by atoms with Crippen LogP contribution >= 0.6 is 0 Å². The summed E-state index contributed by atoms with van der Waals surface area (Å²) >= 11 is 0. The molecule has 0 unspecified atom stereocenters. The Hall–Kier alpha value is -1.22. The van der Waals surface area contributed by atoms with E-state index < -0.39 is 0 Å². The molecule has 114 valence electrons. The van der Waals surface area contributed by atoms with E-state index in [4.69, 9.17) is 0 Å². The fourth-order valence-electron chi connectivity index (χ4n) is 4.03. The summed E-state index contributed by atoms with van der Waals surface area (Å²) in [7, 11) is 0. The zero-order valence-electron chi connectivity index (χ0n) is 12.6. The number of hydrogen-bond acceptors (Lipinski definition) is 2.